The molecule has 1 aromatic carbocycles. The summed E-state index contributed by atoms with van der Waals surface area (Å²) in [5.74, 6) is 0.949. The summed E-state index contributed by atoms with van der Waals surface area (Å²) in [5, 5.41) is 0. The molecule has 4 heteroatoms. The lowest BCUT2D eigenvalue weighted by Crippen LogP contribution is -2.21. The molecule has 86 valence electrons. The molecular formula is C13H12N2O2. The van der Waals surface area contributed by atoms with E-state index in [0.717, 1.165) is 18.5 Å². The van der Waals surface area contributed by atoms with Gasteiger partial charge in [0.2, 0.25) is 0 Å². The van der Waals surface area contributed by atoms with Gasteiger partial charge in [0, 0.05) is 6.42 Å². The Morgan fingerprint density at radius 2 is 2.35 bits per heavy atom. The van der Waals surface area contributed by atoms with Crippen LogP contribution in [0.1, 0.15) is 16.1 Å². The van der Waals surface area contributed by atoms with Crippen LogP contribution in [-0.4, -0.2) is 21.9 Å². The first-order valence-electron chi connectivity index (χ1n) is 5.56. The van der Waals surface area contributed by atoms with Gasteiger partial charge in [0.1, 0.15) is 17.5 Å². The quantitative estimate of drug-likeness (QED) is 0.751. The number of benzene rings is 1. The maximum Gasteiger partial charge on any atom is 0.168 e. The van der Waals surface area contributed by atoms with E-state index in [4.69, 9.17) is 4.74 Å². The third kappa shape index (κ3) is 1.82. The third-order valence-corrected chi connectivity index (χ3v) is 2.98. The van der Waals surface area contributed by atoms with Crippen molar-refractivity contribution in [3.05, 3.63) is 48.0 Å². The van der Waals surface area contributed by atoms with Crippen molar-refractivity contribution < 1.29 is 9.53 Å². The largest absolute Gasteiger partial charge is 0.488 e. The number of rotatable bonds is 3. The first kappa shape index (κ1) is 10.1. The fourth-order valence-electron chi connectivity index (χ4n) is 2.16. The summed E-state index contributed by atoms with van der Waals surface area (Å²) < 4.78 is 7.64. The Morgan fingerprint density at radius 1 is 1.47 bits per heavy atom. The van der Waals surface area contributed by atoms with Gasteiger partial charge in [-0.05, 0) is 11.6 Å². The molecule has 0 radical (unpaired) electrons. The molecule has 4 nitrogen and oxygen atoms in total. The van der Waals surface area contributed by atoms with Crippen LogP contribution in [0.2, 0.25) is 0 Å². The van der Waals surface area contributed by atoms with Gasteiger partial charge in [-0.15, -0.1) is 0 Å². The van der Waals surface area contributed by atoms with Crippen molar-refractivity contribution in [2.24, 2.45) is 0 Å². The molecule has 0 fully saturated rings. The predicted molar refractivity (Wildman–Crippen MR) is 62.2 cm³/mol. The zero-order chi connectivity index (χ0) is 11.7. The molecule has 0 spiro atoms. The molecule has 0 bridgehead atoms. The van der Waals surface area contributed by atoms with Crippen molar-refractivity contribution in [1.82, 2.24) is 9.55 Å². The topological polar surface area (TPSA) is 44.1 Å². The average molecular weight is 228 g/mol. The van der Waals surface area contributed by atoms with E-state index in [1.54, 1.807) is 12.5 Å². The van der Waals surface area contributed by atoms with E-state index in [1.807, 2.05) is 22.8 Å². The Bertz CT molecular complexity index is 523. The number of aldehydes is 1. The van der Waals surface area contributed by atoms with Gasteiger partial charge in [-0.1, -0.05) is 18.2 Å². The number of para-hydroxylation sites is 1. The molecule has 1 aromatic heterocycles. The van der Waals surface area contributed by atoms with Crippen molar-refractivity contribution in [3.63, 3.8) is 0 Å². The number of hydrogen-bond acceptors (Lipinski definition) is 3. The first-order valence-corrected chi connectivity index (χ1v) is 5.56. The minimum Gasteiger partial charge on any atom is -0.488 e. The Hall–Kier alpha value is -2.10. The molecule has 1 aliphatic heterocycles. The normalized spacial score (nSPS) is 17.5. The lowest BCUT2D eigenvalue weighted by atomic mass is 10.1. The zero-order valence-corrected chi connectivity index (χ0v) is 9.24. The van der Waals surface area contributed by atoms with Crippen molar-refractivity contribution in [2.45, 2.75) is 19.1 Å². The molecule has 0 saturated carbocycles. The van der Waals surface area contributed by atoms with E-state index >= 15 is 0 Å². The fourth-order valence-corrected chi connectivity index (χ4v) is 2.16. The molecular weight excluding hydrogens is 216 g/mol. The highest BCUT2D eigenvalue weighted by Gasteiger charge is 2.23. The molecule has 0 aliphatic carbocycles. The first-order chi connectivity index (χ1) is 8.36. The van der Waals surface area contributed by atoms with Gasteiger partial charge in [-0.25, -0.2) is 4.98 Å². The van der Waals surface area contributed by atoms with Gasteiger partial charge in [0.05, 0.1) is 19.1 Å². The predicted octanol–water partition coefficient (Wildman–Crippen LogP) is 1.70. The van der Waals surface area contributed by atoms with Gasteiger partial charge in [-0.2, -0.15) is 0 Å². The number of carbonyl (C=O) groups excluding carboxylic acids is 1. The van der Waals surface area contributed by atoms with Crippen LogP contribution < -0.4 is 4.74 Å². The van der Waals surface area contributed by atoms with Crippen LogP contribution in [0.15, 0.2) is 36.8 Å². The number of ether oxygens (including phenoxy) is 1. The van der Waals surface area contributed by atoms with Crippen LogP contribution in [0.4, 0.5) is 0 Å². The Kier molecular flexibility index (Phi) is 2.40. The second kappa shape index (κ2) is 4.05. The molecule has 0 saturated heterocycles. The summed E-state index contributed by atoms with van der Waals surface area (Å²) in [5.41, 5.74) is 1.81. The summed E-state index contributed by atoms with van der Waals surface area (Å²) in [6.07, 6.45) is 5.01. The standard InChI is InChI=1S/C13H12N2O2/c16-8-11-6-14-9-15(11)7-12-5-10-3-1-2-4-13(10)17-12/h1-4,6,8-9,12H,5,7H2. The van der Waals surface area contributed by atoms with E-state index in [2.05, 4.69) is 11.1 Å². The molecule has 2 heterocycles. The summed E-state index contributed by atoms with van der Waals surface area (Å²) in [6, 6.07) is 8.03. The summed E-state index contributed by atoms with van der Waals surface area (Å²) in [7, 11) is 0. The molecule has 2 aromatic rings. The number of nitrogens with zero attached hydrogens (tertiary/aromatic N) is 2. The van der Waals surface area contributed by atoms with Gasteiger partial charge in [0.25, 0.3) is 0 Å². The van der Waals surface area contributed by atoms with Crippen LogP contribution in [0.3, 0.4) is 0 Å². The number of carbonyl (C=O) groups is 1. The highest BCUT2D eigenvalue weighted by molar-refractivity contribution is 5.71. The SMILES string of the molecule is O=Cc1cncn1CC1Cc2ccccc2O1. The second-order valence-corrected chi connectivity index (χ2v) is 4.14. The van der Waals surface area contributed by atoms with Crippen molar-refractivity contribution in [2.75, 3.05) is 0 Å². The summed E-state index contributed by atoms with van der Waals surface area (Å²) in [6.45, 7) is 0.656. The monoisotopic (exact) mass is 228 g/mol. The maximum absolute atomic E-state index is 10.8. The van der Waals surface area contributed by atoms with Gasteiger partial charge in [0.15, 0.2) is 6.29 Å². The van der Waals surface area contributed by atoms with Crippen LogP contribution in [0.5, 0.6) is 5.75 Å². The number of imidazole rings is 1. The highest BCUT2D eigenvalue weighted by atomic mass is 16.5. The Balaban J connectivity index is 1.76. The van der Waals surface area contributed by atoms with E-state index in [9.17, 15) is 4.79 Å². The summed E-state index contributed by atoms with van der Waals surface area (Å²) in [4.78, 5) is 14.7. The minimum absolute atomic E-state index is 0.0836. The van der Waals surface area contributed by atoms with E-state index in [-0.39, 0.29) is 6.10 Å². The fraction of sp³-hybridized carbons (Fsp3) is 0.231. The van der Waals surface area contributed by atoms with E-state index in [1.165, 1.54) is 5.56 Å². The summed E-state index contributed by atoms with van der Waals surface area (Å²) >= 11 is 0. The van der Waals surface area contributed by atoms with Crippen LogP contribution in [0.25, 0.3) is 0 Å². The third-order valence-electron chi connectivity index (χ3n) is 2.98. The lowest BCUT2D eigenvalue weighted by molar-refractivity contribution is 0.111. The number of hydrogen-bond donors (Lipinski definition) is 0. The molecule has 1 atom stereocenters. The van der Waals surface area contributed by atoms with E-state index < -0.39 is 0 Å². The average Bonchev–Trinajstić information content (AvgIpc) is 2.94. The smallest absolute Gasteiger partial charge is 0.168 e. The van der Waals surface area contributed by atoms with E-state index in [0.29, 0.717) is 12.2 Å². The van der Waals surface area contributed by atoms with Crippen LogP contribution in [-0.2, 0) is 13.0 Å². The lowest BCUT2D eigenvalue weighted by Gasteiger charge is -2.12. The Morgan fingerprint density at radius 3 is 3.18 bits per heavy atom. The van der Waals surface area contributed by atoms with Gasteiger partial charge in [-0.3, -0.25) is 4.79 Å². The van der Waals surface area contributed by atoms with Gasteiger partial charge < -0.3 is 9.30 Å². The number of fused-ring (bicyclic) bond motifs is 1. The Labute approximate surface area is 98.9 Å². The highest BCUT2D eigenvalue weighted by Crippen LogP contribution is 2.28. The molecule has 0 amide bonds. The number of aromatic nitrogens is 2. The zero-order valence-electron chi connectivity index (χ0n) is 9.24. The van der Waals surface area contributed by atoms with Crippen LogP contribution >= 0.6 is 0 Å². The van der Waals surface area contributed by atoms with Crippen molar-refractivity contribution in [3.8, 4) is 5.75 Å². The van der Waals surface area contributed by atoms with Crippen molar-refractivity contribution >= 4 is 6.29 Å². The van der Waals surface area contributed by atoms with Crippen LogP contribution in [0, 0.1) is 0 Å². The molecule has 0 N–H and O–H groups in total. The van der Waals surface area contributed by atoms with Crippen molar-refractivity contribution in [1.29, 1.82) is 0 Å². The maximum atomic E-state index is 10.8. The minimum atomic E-state index is 0.0836. The van der Waals surface area contributed by atoms with Gasteiger partial charge >= 0.3 is 0 Å². The molecule has 3 rings (SSSR count). The molecule has 1 unspecified atom stereocenters. The second-order valence-electron chi connectivity index (χ2n) is 4.14. The molecule has 1 aliphatic rings. The molecule has 17 heavy (non-hydrogen) atoms.